The van der Waals surface area contributed by atoms with Crippen LogP contribution in [0.4, 0.5) is 0 Å². The van der Waals surface area contributed by atoms with Crippen molar-refractivity contribution in [1.82, 2.24) is 4.98 Å². The molecule has 0 atom stereocenters. The van der Waals surface area contributed by atoms with Crippen LogP contribution in [0.5, 0.6) is 0 Å². The Kier molecular flexibility index (Phi) is 1.95. The van der Waals surface area contributed by atoms with Crippen molar-refractivity contribution in [3.63, 3.8) is 0 Å². The number of hydrogen-bond donors (Lipinski definition) is 0. The maximum absolute atomic E-state index is 10.3. The average molecular weight is 133 g/mol. The van der Waals surface area contributed by atoms with Crippen LogP contribution in [0.15, 0.2) is 25.0 Å². The summed E-state index contributed by atoms with van der Waals surface area (Å²) in [6, 6.07) is 1.66. The van der Waals surface area contributed by atoms with E-state index in [9.17, 15) is 4.79 Å². The Labute approximate surface area is 59.2 Å². The summed E-state index contributed by atoms with van der Waals surface area (Å²) in [6.45, 7) is 3.54. The SMILES string of the molecule is C=Cc1cnccc1C=O. The Morgan fingerprint density at radius 3 is 2.80 bits per heavy atom. The lowest BCUT2D eigenvalue weighted by Gasteiger charge is -1.93. The zero-order valence-electron chi connectivity index (χ0n) is 5.45. The number of carbonyl (C=O) groups excluding carboxylic acids is 1. The molecule has 1 rings (SSSR count). The largest absolute Gasteiger partial charge is 0.298 e. The summed E-state index contributed by atoms with van der Waals surface area (Å²) >= 11 is 0. The standard InChI is InChI=1S/C8H7NO/c1-2-7-5-9-4-3-8(7)6-10/h2-6H,1H2. The highest BCUT2D eigenvalue weighted by molar-refractivity contribution is 5.80. The van der Waals surface area contributed by atoms with Crippen LogP contribution < -0.4 is 0 Å². The molecule has 1 aromatic rings. The topological polar surface area (TPSA) is 30.0 Å². The first-order valence-electron chi connectivity index (χ1n) is 2.90. The lowest BCUT2D eigenvalue weighted by atomic mass is 10.1. The van der Waals surface area contributed by atoms with Gasteiger partial charge >= 0.3 is 0 Å². The van der Waals surface area contributed by atoms with Crippen molar-refractivity contribution in [2.75, 3.05) is 0 Å². The van der Waals surface area contributed by atoms with Crippen LogP contribution in [-0.2, 0) is 0 Å². The summed E-state index contributed by atoms with van der Waals surface area (Å²) in [5.74, 6) is 0. The van der Waals surface area contributed by atoms with E-state index in [2.05, 4.69) is 11.6 Å². The van der Waals surface area contributed by atoms with Gasteiger partial charge in [0, 0.05) is 23.5 Å². The summed E-state index contributed by atoms with van der Waals surface area (Å²) in [4.78, 5) is 14.1. The zero-order chi connectivity index (χ0) is 7.40. The number of nitrogens with zero attached hydrogens (tertiary/aromatic N) is 1. The molecule has 2 heteroatoms. The first-order valence-corrected chi connectivity index (χ1v) is 2.90. The van der Waals surface area contributed by atoms with Crippen molar-refractivity contribution in [2.24, 2.45) is 0 Å². The van der Waals surface area contributed by atoms with E-state index in [-0.39, 0.29) is 0 Å². The minimum atomic E-state index is 0.630. The summed E-state index contributed by atoms with van der Waals surface area (Å²) in [5, 5.41) is 0. The van der Waals surface area contributed by atoms with E-state index in [0.717, 1.165) is 11.8 Å². The number of hydrogen-bond acceptors (Lipinski definition) is 2. The molecule has 0 unspecified atom stereocenters. The third-order valence-electron chi connectivity index (χ3n) is 1.23. The van der Waals surface area contributed by atoms with Crippen molar-refractivity contribution in [2.45, 2.75) is 0 Å². The summed E-state index contributed by atoms with van der Waals surface area (Å²) in [6.07, 6.45) is 5.59. The molecule has 0 radical (unpaired) electrons. The predicted molar refractivity (Wildman–Crippen MR) is 39.7 cm³/mol. The Bertz CT molecular complexity index is 228. The molecule has 10 heavy (non-hydrogen) atoms. The third-order valence-corrected chi connectivity index (χ3v) is 1.23. The van der Waals surface area contributed by atoms with Crippen molar-refractivity contribution in [3.05, 3.63) is 36.2 Å². The number of aromatic nitrogens is 1. The van der Waals surface area contributed by atoms with E-state index < -0.39 is 0 Å². The summed E-state index contributed by atoms with van der Waals surface area (Å²) in [5.41, 5.74) is 1.41. The Morgan fingerprint density at radius 1 is 1.50 bits per heavy atom. The summed E-state index contributed by atoms with van der Waals surface area (Å²) in [7, 11) is 0. The van der Waals surface area contributed by atoms with E-state index in [1.54, 1.807) is 24.5 Å². The molecule has 1 aromatic heterocycles. The van der Waals surface area contributed by atoms with Gasteiger partial charge in [-0.05, 0) is 6.07 Å². The van der Waals surface area contributed by atoms with E-state index in [1.807, 2.05) is 0 Å². The molecule has 0 aliphatic heterocycles. The molecule has 0 aliphatic carbocycles. The number of pyridine rings is 1. The maximum Gasteiger partial charge on any atom is 0.150 e. The fourth-order valence-electron chi connectivity index (χ4n) is 0.695. The molecule has 1 heterocycles. The van der Waals surface area contributed by atoms with Gasteiger partial charge in [-0.1, -0.05) is 12.7 Å². The van der Waals surface area contributed by atoms with E-state index >= 15 is 0 Å². The lowest BCUT2D eigenvalue weighted by Crippen LogP contribution is -1.85. The van der Waals surface area contributed by atoms with Gasteiger partial charge in [0.05, 0.1) is 0 Å². The summed E-state index contributed by atoms with van der Waals surface area (Å²) < 4.78 is 0. The molecule has 50 valence electrons. The van der Waals surface area contributed by atoms with Crippen molar-refractivity contribution >= 4 is 12.4 Å². The van der Waals surface area contributed by atoms with Crippen LogP contribution >= 0.6 is 0 Å². The first kappa shape index (κ1) is 6.68. The van der Waals surface area contributed by atoms with Crippen LogP contribution in [0.25, 0.3) is 6.08 Å². The molecule has 0 aromatic carbocycles. The van der Waals surface area contributed by atoms with Gasteiger partial charge in [-0.25, -0.2) is 0 Å². The van der Waals surface area contributed by atoms with E-state index in [1.165, 1.54) is 0 Å². The fourth-order valence-corrected chi connectivity index (χ4v) is 0.695. The van der Waals surface area contributed by atoms with Crippen LogP contribution in [-0.4, -0.2) is 11.3 Å². The molecule has 0 bridgehead atoms. The lowest BCUT2D eigenvalue weighted by molar-refractivity contribution is 0.112. The third kappa shape index (κ3) is 1.10. The predicted octanol–water partition coefficient (Wildman–Crippen LogP) is 1.54. The van der Waals surface area contributed by atoms with Crippen LogP contribution in [0, 0.1) is 0 Å². The second-order valence-electron chi connectivity index (χ2n) is 1.83. The molecule has 0 saturated heterocycles. The van der Waals surface area contributed by atoms with Crippen molar-refractivity contribution < 1.29 is 4.79 Å². The van der Waals surface area contributed by atoms with Crippen LogP contribution in [0.2, 0.25) is 0 Å². The van der Waals surface area contributed by atoms with Gasteiger partial charge in [-0.3, -0.25) is 9.78 Å². The number of carbonyl (C=O) groups is 1. The normalized spacial score (nSPS) is 8.80. The zero-order valence-corrected chi connectivity index (χ0v) is 5.45. The highest BCUT2D eigenvalue weighted by Gasteiger charge is 1.93. The van der Waals surface area contributed by atoms with Gasteiger partial charge < -0.3 is 0 Å². The molecule has 0 aliphatic rings. The average Bonchev–Trinajstić information content (AvgIpc) is 2.04. The second-order valence-corrected chi connectivity index (χ2v) is 1.83. The van der Waals surface area contributed by atoms with E-state index in [4.69, 9.17) is 0 Å². The highest BCUT2D eigenvalue weighted by atomic mass is 16.1. The highest BCUT2D eigenvalue weighted by Crippen LogP contribution is 2.03. The van der Waals surface area contributed by atoms with Crippen molar-refractivity contribution in [3.8, 4) is 0 Å². The second kappa shape index (κ2) is 2.92. The van der Waals surface area contributed by atoms with E-state index in [0.29, 0.717) is 5.56 Å². The molecule has 0 saturated carbocycles. The molecule has 0 N–H and O–H groups in total. The van der Waals surface area contributed by atoms with Crippen molar-refractivity contribution in [1.29, 1.82) is 0 Å². The molecule has 0 amide bonds. The molecular weight excluding hydrogens is 126 g/mol. The number of rotatable bonds is 2. The molecule has 0 fully saturated rings. The van der Waals surface area contributed by atoms with Gasteiger partial charge in [0.1, 0.15) is 0 Å². The first-order chi connectivity index (χ1) is 4.88. The molecule has 0 spiro atoms. The Hall–Kier alpha value is -1.44. The van der Waals surface area contributed by atoms with Gasteiger partial charge in [-0.2, -0.15) is 0 Å². The van der Waals surface area contributed by atoms with Gasteiger partial charge in [0.15, 0.2) is 6.29 Å². The number of aldehydes is 1. The minimum absolute atomic E-state index is 0.630. The monoisotopic (exact) mass is 133 g/mol. The minimum Gasteiger partial charge on any atom is -0.298 e. The quantitative estimate of drug-likeness (QED) is 0.573. The Balaban J connectivity index is 3.20. The van der Waals surface area contributed by atoms with Crippen LogP contribution in [0.1, 0.15) is 15.9 Å². The van der Waals surface area contributed by atoms with Gasteiger partial charge in [0.25, 0.3) is 0 Å². The molecule has 2 nitrogen and oxygen atoms in total. The fraction of sp³-hybridized carbons (Fsp3) is 0. The van der Waals surface area contributed by atoms with Gasteiger partial charge in [-0.15, -0.1) is 0 Å². The Morgan fingerprint density at radius 2 is 2.30 bits per heavy atom. The van der Waals surface area contributed by atoms with Gasteiger partial charge in [0.2, 0.25) is 0 Å². The van der Waals surface area contributed by atoms with Crippen LogP contribution in [0.3, 0.4) is 0 Å². The molecular formula is C8H7NO. The smallest absolute Gasteiger partial charge is 0.150 e. The maximum atomic E-state index is 10.3.